The van der Waals surface area contributed by atoms with Gasteiger partial charge in [0.05, 0.1) is 0 Å². The number of nitrogens with zero attached hydrogens (tertiary/aromatic N) is 2. The summed E-state index contributed by atoms with van der Waals surface area (Å²) in [6.45, 7) is 4.58. The predicted octanol–water partition coefficient (Wildman–Crippen LogP) is 7.16. The average molecular weight is 595 g/mol. The minimum atomic E-state index is -5.08. The summed E-state index contributed by atoms with van der Waals surface area (Å²) in [5.41, 5.74) is 2.14. The Labute approximate surface area is 239 Å². The lowest BCUT2D eigenvalue weighted by Crippen LogP contribution is -2.61. The van der Waals surface area contributed by atoms with Crippen molar-refractivity contribution < 1.29 is 32.6 Å². The zero-order valence-corrected chi connectivity index (χ0v) is 22.8. The third-order valence-electron chi connectivity index (χ3n) is 6.98. The summed E-state index contributed by atoms with van der Waals surface area (Å²) in [6.07, 6.45) is -2.87. The quantitative estimate of drug-likeness (QED) is 0.339. The van der Waals surface area contributed by atoms with Crippen molar-refractivity contribution in [2.75, 3.05) is 26.2 Å². The Bertz CT molecular complexity index is 1340. The van der Waals surface area contributed by atoms with E-state index in [1.807, 2.05) is 41.3 Å². The number of carboxylic acids is 1. The molecule has 11 heteroatoms. The third kappa shape index (κ3) is 7.68. The van der Waals surface area contributed by atoms with Gasteiger partial charge in [0.2, 0.25) is 0 Å². The number of carboxylic acid groups (broad SMARTS) is 1. The van der Waals surface area contributed by atoms with Crippen LogP contribution in [0.4, 0.5) is 13.2 Å². The summed E-state index contributed by atoms with van der Waals surface area (Å²) in [7, 11) is 0. The van der Waals surface area contributed by atoms with Crippen molar-refractivity contribution in [1.29, 1.82) is 0 Å². The number of carbonyl (C=O) groups excluding carboxylic acids is 1. The summed E-state index contributed by atoms with van der Waals surface area (Å²) < 4.78 is 37.9. The van der Waals surface area contributed by atoms with E-state index in [2.05, 4.69) is 17.0 Å². The van der Waals surface area contributed by atoms with Gasteiger partial charge in [-0.25, -0.2) is 4.79 Å². The molecular weight excluding hydrogens is 568 g/mol. The largest absolute Gasteiger partial charge is 0.490 e. The SMILES string of the molecule is O=C(O)C(F)(F)F.O=C(c1ccc(Cl)cc1)N1CC2(CCN(Cc3ccccc3Oc3cccc(Cl)c3)CC2)C1. The van der Waals surface area contributed by atoms with E-state index in [-0.39, 0.29) is 11.3 Å². The minimum Gasteiger partial charge on any atom is -0.475 e. The van der Waals surface area contributed by atoms with E-state index in [4.69, 9.17) is 37.8 Å². The van der Waals surface area contributed by atoms with Gasteiger partial charge in [-0.15, -0.1) is 0 Å². The van der Waals surface area contributed by atoms with Crippen LogP contribution in [0.5, 0.6) is 11.5 Å². The second kappa shape index (κ2) is 12.5. The zero-order chi connectivity index (χ0) is 28.9. The highest BCUT2D eigenvalue weighted by Gasteiger charge is 2.46. The molecule has 3 aromatic carbocycles. The molecule has 0 saturated carbocycles. The monoisotopic (exact) mass is 594 g/mol. The van der Waals surface area contributed by atoms with Crippen LogP contribution in [-0.2, 0) is 11.3 Å². The van der Waals surface area contributed by atoms with Crippen LogP contribution in [0, 0.1) is 5.41 Å². The first kappa shape index (κ1) is 29.7. The molecule has 1 N–H and O–H groups in total. The summed E-state index contributed by atoms with van der Waals surface area (Å²) in [5.74, 6) is -1.05. The number of halogens is 5. The number of benzene rings is 3. The highest BCUT2D eigenvalue weighted by atomic mass is 35.5. The maximum Gasteiger partial charge on any atom is 0.490 e. The number of hydrogen-bond acceptors (Lipinski definition) is 4. The Morgan fingerprint density at radius 2 is 1.52 bits per heavy atom. The molecule has 0 aromatic heterocycles. The van der Waals surface area contributed by atoms with Gasteiger partial charge < -0.3 is 14.7 Å². The van der Waals surface area contributed by atoms with Crippen LogP contribution >= 0.6 is 23.2 Å². The summed E-state index contributed by atoms with van der Waals surface area (Å²) in [4.78, 5) is 26.1. The molecule has 6 nitrogen and oxygen atoms in total. The molecule has 2 aliphatic heterocycles. The molecule has 2 heterocycles. The molecule has 3 aromatic rings. The van der Waals surface area contributed by atoms with Crippen molar-refractivity contribution in [2.45, 2.75) is 25.6 Å². The maximum absolute atomic E-state index is 12.7. The standard InChI is InChI=1S/C27H26Cl2N2O2.C2HF3O2/c28-22-10-8-20(9-11-22)26(32)31-18-27(19-31)12-14-30(15-13-27)17-21-4-1-2-7-25(21)33-24-6-3-5-23(29)16-24;3-2(4,5)1(6)7/h1-11,16H,12-15,17-19H2;(H,6,7). The molecule has 5 rings (SSSR count). The summed E-state index contributed by atoms with van der Waals surface area (Å²) in [5, 5.41) is 8.44. The highest BCUT2D eigenvalue weighted by molar-refractivity contribution is 6.31. The van der Waals surface area contributed by atoms with Crippen molar-refractivity contribution in [3.8, 4) is 11.5 Å². The van der Waals surface area contributed by atoms with Crippen LogP contribution in [0.1, 0.15) is 28.8 Å². The highest BCUT2D eigenvalue weighted by Crippen LogP contribution is 2.41. The Balaban J connectivity index is 0.000000470. The lowest BCUT2D eigenvalue weighted by molar-refractivity contribution is -0.192. The Kier molecular flexibility index (Phi) is 9.28. The zero-order valence-electron chi connectivity index (χ0n) is 21.3. The number of para-hydroxylation sites is 1. The minimum absolute atomic E-state index is 0.104. The van der Waals surface area contributed by atoms with Crippen LogP contribution in [0.3, 0.4) is 0 Å². The predicted molar refractivity (Wildman–Crippen MR) is 146 cm³/mol. The second-order valence-corrected chi connectivity index (χ2v) is 10.8. The van der Waals surface area contributed by atoms with Crippen LogP contribution < -0.4 is 4.74 Å². The molecule has 0 aliphatic carbocycles. The van der Waals surface area contributed by atoms with Crippen LogP contribution in [-0.4, -0.2) is 59.1 Å². The first-order valence-electron chi connectivity index (χ1n) is 12.5. The normalized spacial score (nSPS) is 16.5. The van der Waals surface area contributed by atoms with Gasteiger partial charge in [-0.3, -0.25) is 9.69 Å². The van der Waals surface area contributed by atoms with Crippen molar-refractivity contribution in [3.63, 3.8) is 0 Å². The number of amides is 1. The molecule has 0 atom stereocenters. The van der Waals surface area contributed by atoms with Gasteiger partial charge in [-0.05, 0) is 74.5 Å². The van der Waals surface area contributed by atoms with Crippen molar-refractivity contribution in [3.05, 3.63) is 94.0 Å². The lowest BCUT2D eigenvalue weighted by atomic mass is 9.71. The molecule has 2 aliphatic rings. The van der Waals surface area contributed by atoms with Crippen molar-refractivity contribution in [2.24, 2.45) is 5.41 Å². The molecule has 1 spiro atoms. The Hall–Kier alpha value is -3.27. The molecule has 212 valence electrons. The van der Waals surface area contributed by atoms with Crippen LogP contribution in [0.2, 0.25) is 10.0 Å². The van der Waals surface area contributed by atoms with E-state index in [1.165, 1.54) is 5.56 Å². The Morgan fingerprint density at radius 1 is 0.900 bits per heavy atom. The lowest BCUT2D eigenvalue weighted by Gasteiger charge is -2.54. The van der Waals surface area contributed by atoms with Gasteiger partial charge in [0.25, 0.3) is 5.91 Å². The maximum atomic E-state index is 12.7. The number of likely N-dealkylation sites (tertiary alicyclic amines) is 2. The Morgan fingerprint density at radius 3 is 2.12 bits per heavy atom. The summed E-state index contributed by atoms with van der Waals surface area (Å²) >= 11 is 12.1. The number of alkyl halides is 3. The number of rotatable bonds is 5. The summed E-state index contributed by atoms with van der Waals surface area (Å²) in [6, 6.07) is 22.8. The topological polar surface area (TPSA) is 70.1 Å². The van der Waals surface area contributed by atoms with Gasteiger partial charge in [-0.2, -0.15) is 13.2 Å². The fraction of sp³-hybridized carbons (Fsp3) is 0.310. The number of piperidine rings is 1. The smallest absolute Gasteiger partial charge is 0.475 e. The molecule has 2 saturated heterocycles. The molecule has 1 amide bonds. The van der Waals surface area contributed by atoms with Gasteiger partial charge >= 0.3 is 12.1 Å². The number of aliphatic carboxylic acids is 1. The number of carbonyl (C=O) groups is 2. The van der Waals surface area contributed by atoms with E-state index >= 15 is 0 Å². The van der Waals surface area contributed by atoms with Gasteiger partial charge in [0, 0.05) is 46.2 Å². The van der Waals surface area contributed by atoms with Crippen LogP contribution in [0.15, 0.2) is 72.8 Å². The van der Waals surface area contributed by atoms with Crippen LogP contribution in [0.25, 0.3) is 0 Å². The molecule has 0 radical (unpaired) electrons. The molecule has 40 heavy (non-hydrogen) atoms. The van der Waals surface area contributed by atoms with Crippen molar-refractivity contribution >= 4 is 35.1 Å². The molecule has 2 fully saturated rings. The second-order valence-electron chi connectivity index (χ2n) is 9.91. The van der Waals surface area contributed by atoms with Crippen molar-refractivity contribution in [1.82, 2.24) is 9.80 Å². The number of ether oxygens (including phenoxy) is 1. The van der Waals surface area contributed by atoms with E-state index in [1.54, 1.807) is 24.3 Å². The molecule has 0 unspecified atom stereocenters. The van der Waals surface area contributed by atoms with Gasteiger partial charge in [0.15, 0.2) is 0 Å². The van der Waals surface area contributed by atoms with E-state index in [0.29, 0.717) is 15.6 Å². The van der Waals surface area contributed by atoms with Gasteiger partial charge in [0.1, 0.15) is 11.5 Å². The number of hydrogen-bond donors (Lipinski definition) is 1. The van der Waals surface area contributed by atoms with E-state index < -0.39 is 12.1 Å². The van der Waals surface area contributed by atoms with E-state index in [0.717, 1.165) is 57.1 Å². The van der Waals surface area contributed by atoms with Gasteiger partial charge in [-0.1, -0.05) is 47.5 Å². The molecular formula is C29H27Cl2F3N2O4. The third-order valence-corrected chi connectivity index (χ3v) is 7.47. The first-order chi connectivity index (χ1) is 18.9. The van der Waals surface area contributed by atoms with E-state index in [9.17, 15) is 18.0 Å². The first-order valence-corrected chi connectivity index (χ1v) is 13.3. The average Bonchev–Trinajstić information content (AvgIpc) is 2.89. The fourth-order valence-electron chi connectivity index (χ4n) is 4.82. The molecule has 0 bridgehead atoms. The fourth-order valence-corrected chi connectivity index (χ4v) is 5.12.